The van der Waals surface area contributed by atoms with Gasteiger partial charge in [0.05, 0.1) is 11.4 Å². The predicted octanol–water partition coefficient (Wildman–Crippen LogP) is 3.27. The number of carbonyl (C=O) groups is 1. The minimum absolute atomic E-state index is 0.00444. The molecule has 2 aromatic rings. The van der Waals surface area contributed by atoms with E-state index >= 15 is 0 Å². The molecule has 0 unspecified atom stereocenters. The topological polar surface area (TPSA) is 49.3 Å². The zero-order valence-corrected chi connectivity index (χ0v) is 12.7. The molecule has 1 aliphatic rings. The number of pyridine rings is 2. The summed E-state index contributed by atoms with van der Waals surface area (Å²) in [4.78, 5) is 25.4. The summed E-state index contributed by atoms with van der Waals surface area (Å²) in [5.74, 6) is 1.42. The van der Waals surface area contributed by atoms with E-state index in [0.29, 0.717) is 5.82 Å². The summed E-state index contributed by atoms with van der Waals surface area (Å²) < 4.78 is 0. The molecule has 2 aromatic heterocycles. The summed E-state index contributed by atoms with van der Waals surface area (Å²) in [6, 6.07) is 7.55. The predicted molar refractivity (Wildman–Crippen MR) is 83.1 cm³/mol. The summed E-state index contributed by atoms with van der Waals surface area (Å²) >= 11 is 0. The third-order valence-electron chi connectivity index (χ3n) is 3.51. The Morgan fingerprint density at radius 1 is 1.00 bits per heavy atom. The van der Waals surface area contributed by atoms with Gasteiger partial charge in [-0.15, -0.1) is 0 Å². The lowest BCUT2D eigenvalue weighted by Gasteiger charge is -2.37. The van der Waals surface area contributed by atoms with Gasteiger partial charge in [-0.05, 0) is 24.3 Å². The standard InChI is InChI=1S/C16H18N4O/c1-16(2,3)15(21)20-12-8-6-9-17-13(12)19(4)11-7-5-10-18-14(11)20/h5-10H,1-4H3. The van der Waals surface area contributed by atoms with Crippen molar-refractivity contribution < 1.29 is 4.79 Å². The zero-order chi connectivity index (χ0) is 15.2. The number of amides is 1. The van der Waals surface area contributed by atoms with Crippen molar-refractivity contribution in [3.63, 3.8) is 0 Å². The molecule has 0 fully saturated rings. The lowest BCUT2D eigenvalue weighted by atomic mass is 9.94. The molecule has 0 radical (unpaired) electrons. The lowest BCUT2D eigenvalue weighted by molar-refractivity contribution is -0.125. The minimum Gasteiger partial charge on any atom is -0.325 e. The minimum atomic E-state index is -0.502. The summed E-state index contributed by atoms with van der Waals surface area (Å²) in [5, 5.41) is 0. The Bertz CT molecular complexity index is 658. The number of fused-ring (bicyclic) bond motifs is 2. The van der Waals surface area contributed by atoms with Crippen molar-refractivity contribution in [2.45, 2.75) is 20.8 Å². The number of carbonyl (C=O) groups excluding carboxylic acids is 1. The summed E-state index contributed by atoms with van der Waals surface area (Å²) in [6.07, 6.45) is 3.44. The SMILES string of the molecule is CN1c2cccnc2N(C(=O)C(C)(C)C)c2cccnc21. The van der Waals surface area contributed by atoms with E-state index < -0.39 is 5.41 Å². The van der Waals surface area contributed by atoms with E-state index in [9.17, 15) is 4.79 Å². The normalized spacial score (nSPS) is 13.7. The summed E-state index contributed by atoms with van der Waals surface area (Å²) in [5.41, 5.74) is 1.14. The van der Waals surface area contributed by atoms with E-state index in [0.717, 1.165) is 17.2 Å². The van der Waals surface area contributed by atoms with E-state index in [4.69, 9.17) is 0 Å². The maximum atomic E-state index is 12.9. The van der Waals surface area contributed by atoms with Crippen LogP contribution in [0.1, 0.15) is 20.8 Å². The fourth-order valence-electron chi connectivity index (χ4n) is 2.41. The van der Waals surface area contributed by atoms with Gasteiger partial charge in [-0.1, -0.05) is 20.8 Å². The van der Waals surface area contributed by atoms with Crippen LogP contribution in [-0.4, -0.2) is 22.9 Å². The molecule has 0 atom stereocenters. The lowest BCUT2D eigenvalue weighted by Crippen LogP contribution is -2.40. The monoisotopic (exact) mass is 282 g/mol. The van der Waals surface area contributed by atoms with Crippen LogP contribution in [0.5, 0.6) is 0 Å². The quantitative estimate of drug-likeness (QED) is 0.744. The van der Waals surface area contributed by atoms with Crippen LogP contribution in [0, 0.1) is 5.41 Å². The first-order valence-electron chi connectivity index (χ1n) is 6.89. The molecule has 0 aromatic carbocycles. The van der Waals surface area contributed by atoms with E-state index in [-0.39, 0.29) is 5.91 Å². The number of rotatable bonds is 0. The number of anilines is 4. The Morgan fingerprint density at radius 3 is 2.19 bits per heavy atom. The Kier molecular flexibility index (Phi) is 2.93. The number of hydrogen-bond donors (Lipinski definition) is 0. The molecule has 0 saturated carbocycles. The van der Waals surface area contributed by atoms with E-state index in [1.165, 1.54) is 0 Å². The Balaban J connectivity index is 2.25. The maximum Gasteiger partial charge on any atom is 0.238 e. The van der Waals surface area contributed by atoms with Crippen LogP contribution in [-0.2, 0) is 4.79 Å². The van der Waals surface area contributed by atoms with Crippen LogP contribution >= 0.6 is 0 Å². The van der Waals surface area contributed by atoms with Crippen molar-refractivity contribution in [3.05, 3.63) is 36.7 Å². The first-order valence-corrected chi connectivity index (χ1v) is 6.89. The average molecular weight is 282 g/mol. The fourth-order valence-corrected chi connectivity index (χ4v) is 2.41. The highest BCUT2D eigenvalue weighted by molar-refractivity contribution is 6.09. The second-order valence-corrected chi connectivity index (χ2v) is 6.14. The molecule has 3 rings (SSSR count). The second-order valence-electron chi connectivity index (χ2n) is 6.14. The number of nitrogens with zero attached hydrogens (tertiary/aromatic N) is 4. The van der Waals surface area contributed by atoms with E-state index in [2.05, 4.69) is 9.97 Å². The molecular weight excluding hydrogens is 264 g/mol. The molecule has 108 valence electrons. The van der Waals surface area contributed by atoms with Crippen LogP contribution in [0.25, 0.3) is 0 Å². The zero-order valence-electron chi connectivity index (χ0n) is 12.7. The van der Waals surface area contributed by atoms with Crippen molar-refractivity contribution >= 4 is 28.9 Å². The molecule has 0 N–H and O–H groups in total. The molecule has 5 heteroatoms. The third kappa shape index (κ3) is 2.05. The van der Waals surface area contributed by atoms with Gasteiger partial charge in [-0.3, -0.25) is 9.69 Å². The highest BCUT2D eigenvalue weighted by Gasteiger charge is 2.37. The van der Waals surface area contributed by atoms with Gasteiger partial charge in [0, 0.05) is 24.9 Å². The molecule has 5 nitrogen and oxygen atoms in total. The van der Waals surface area contributed by atoms with Crippen molar-refractivity contribution in [3.8, 4) is 0 Å². The van der Waals surface area contributed by atoms with Gasteiger partial charge in [0.2, 0.25) is 5.91 Å². The van der Waals surface area contributed by atoms with Crippen molar-refractivity contribution in [1.29, 1.82) is 0 Å². The Labute approximate surface area is 124 Å². The van der Waals surface area contributed by atoms with Crippen LogP contribution in [0.3, 0.4) is 0 Å². The van der Waals surface area contributed by atoms with Gasteiger partial charge >= 0.3 is 0 Å². The van der Waals surface area contributed by atoms with Crippen LogP contribution < -0.4 is 9.80 Å². The van der Waals surface area contributed by atoms with Gasteiger partial charge in [-0.2, -0.15) is 0 Å². The van der Waals surface area contributed by atoms with Crippen LogP contribution in [0.2, 0.25) is 0 Å². The first kappa shape index (κ1) is 13.5. The van der Waals surface area contributed by atoms with Crippen molar-refractivity contribution in [1.82, 2.24) is 9.97 Å². The molecular formula is C16H18N4O. The number of hydrogen-bond acceptors (Lipinski definition) is 4. The highest BCUT2D eigenvalue weighted by atomic mass is 16.2. The van der Waals surface area contributed by atoms with E-state index in [1.54, 1.807) is 17.3 Å². The maximum absolute atomic E-state index is 12.9. The largest absolute Gasteiger partial charge is 0.325 e. The van der Waals surface area contributed by atoms with Crippen LogP contribution in [0.4, 0.5) is 23.0 Å². The molecule has 1 amide bonds. The summed E-state index contributed by atoms with van der Waals surface area (Å²) in [7, 11) is 1.94. The highest BCUT2D eigenvalue weighted by Crippen LogP contribution is 2.45. The van der Waals surface area contributed by atoms with Gasteiger partial charge < -0.3 is 4.90 Å². The fraction of sp³-hybridized carbons (Fsp3) is 0.312. The van der Waals surface area contributed by atoms with Gasteiger partial charge in [0.15, 0.2) is 11.6 Å². The van der Waals surface area contributed by atoms with Crippen molar-refractivity contribution in [2.75, 3.05) is 16.8 Å². The molecule has 0 spiro atoms. The third-order valence-corrected chi connectivity index (χ3v) is 3.51. The Morgan fingerprint density at radius 2 is 1.57 bits per heavy atom. The summed E-state index contributed by atoms with van der Waals surface area (Å²) in [6.45, 7) is 5.73. The van der Waals surface area contributed by atoms with Gasteiger partial charge in [0.1, 0.15) is 0 Å². The molecule has 0 aliphatic carbocycles. The van der Waals surface area contributed by atoms with Crippen molar-refractivity contribution in [2.24, 2.45) is 5.41 Å². The average Bonchev–Trinajstić information content (AvgIpc) is 2.46. The second kappa shape index (κ2) is 4.55. The molecule has 1 aliphatic heterocycles. The van der Waals surface area contributed by atoms with Gasteiger partial charge in [-0.25, -0.2) is 9.97 Å². The molecule has 3 heterocycles. The first-order chi connectivity index (χ1) is 9.91. The number of aromatic nitrogens is 2. The molecule has 21 heavy (non-hydrogen) atoms. The molecule has 0 saturated heterocycles. The van der Waals surface area contributed by atoms with E-state index in [1.807, 2.05) is 57.0 Å². The smallest absolute Gasteiger partial charge is 0.238 e. The molecule has 0 bridgehead atoms. The van der Waals surface area contributed by atoms with Gasteiger partial charge in [0.25, 0.3) is 0 Å². The van der Waals surface area contributed by atoms with Crippen LogP contribution in [0.15, 0.2) is 36.7 Å². The Hall–Kier alpha value is -2.43.